The van der Waals surface area contributed by atoms with Crippen LogP contribution in [0.2, 0.25) is 0 Å². The molecule has 146 valence electrons. The molecule has 0 radical (unpaired) electrons. The topological polar surface area (TPSA) is 63.8 Å². The van der Waals surface area contributed by atoms with E-state index in [0.717, 1.165) is 16.8 Å². The quantitative estimate of drug-likeness (QED) is 0.474. The zero-order chi connectivity index (χ0) is 20.2. The summed E-state index contributed by atoms with van der Waals surface area (Å²) >= 11 is 1.33. The van der Waals surface area contributed by atoms with Crippen molar-refractivity contribution >= 4 is 11.8 Å². The molecule has 0 bridgehead atoms. The fourth-order valence-electron chi connectivity index (χ4n) is 3.07. The lowest BCUT2D eigenvalue weighted by atomic mass is 10.1. The molecular weight excluding hydrogens is 387 g/mol. The van der Waals surface area contributed by atoms with Crippen LogP contribution in [0.5, 0.6) is 0 Å². The fourth-order valence-corrected chi connectivity index (χ4v) is 3.96. The van der Waals surface area contributed by atoms with Gasteiger partial charge < -0.3 is 5.11 Å². The van der Waals surface area contributed by atoms with Crippen molar-refractivity contribution in [1.29, 1.82) is 0 Å². The summed E-state index contributed by atoms with van der Waals surface area (Å²) < 4.78 is 15.9. The van der Waals surface area contributed by atoms with Crippen LogP contribution in [0.1, 0.15) is 17.2 Å². The van der Waals surface area contributed by atoms with Gasteiger partial charge in [0.25, 0.3) is 0 Å². The Morgan fingerprint density at radius 1 is 1.03 bits per heavy atom. The molecule has 7 heteroatoms. The van der Waals surface area contributed by atoms with Crippen LogP contribution < -0.4 is 0 Å². The summed E-state index contributed by atoms with van der Waals surface area (Å²) in [6, 6.07) is 18.0. The lowest BCUT2D eigenvalue weighted by molar-refractivity contribution is 0.199. The van der Waals surface area contributed by atoms with Gasteiger partial charge in [0.05, 0.1) is 11.8 Å². The Hall–Kier alpha value is -3.03. The van der Waals surface area contributed by atoms with Crippen LogP contribution in [-0.2, 0) is 0 Å². The van der Waals surface area contributed by atoms with Gasteiger partial charge in [-0.2, -0.15) is 0 Å². The van der Waals surface area contributed by atoms with Crippen molar-refractivity contribution in [3.05, 3.63) is 90.0 Å². The number of rotatable bonds is 6. The second kappa shape index (κ2) is 8.55. The van der Waals surface area contributed by atoms with Crippen LogP contribution in [0.25, 0.3) is 17.1 Å². The molecule has 0 spiro atoms. The summed E-state index contributed by atoms with van der Waals surface area (Å²) in [5.74, 6) is 0.491. The number of para-hydroxylation sites is 1. The van der Waals surface area contributed by atoms with E-state index < -0.39 is 11.9 Å². The molecule has 29 heavy (non-hydrogen) atoms. The van der Waals surface area contributed by atoms with Crippen LogP contribution in [0.3, 0.4) is 0 Å². The Morgan fingerprint density at radius 2 is 1.83 bits per heavy atom. The third kappa shape index (κ3) is 4.06. The second-order valence-corrected chi connectivity index (χ2v) is 7.51. The van der Waals surface area contributed by atoms with Gasteiger partial charge in [0, 0.05) is 29.3 Å². The van der Waals surface area contributed by atoms with Gasteiger partial charge in [0.15, 0.2) is 11.0 Å². The summed E-state index contributed by atoms with van der Waals surface area (Å²) in [5.41, 5.74) is 3.12. The van der Waals surface area contributed by atoms with Crippen LogP contribution in [0.4, 0.5) is 4.39 Å². The zero-order valence-electron chi connectivity index (χ0n) is 15.7. The van der Waals surface area contributed by atoms with E-state index in [-0.39, 0.29) is 11.3 Å². The summed E-state index contributed by atoms with van der Waals surface area (Å²) in [4.78, 5) is 4.18. The number of thioether (sulfide) groups is 1. The normalized spacial score (nSPS) is 12.1. The van der Waals surface area contributed by atoms with Crippen molar-refractivity contribution in [1.82, 2.24) is 19.7 Å². The lowest BCUT2D eigenvalue weighted by Gasteiger charge is -2.14. The van der Waals surface area contributed by atoms with Crippen LogP contribution in [0.15, 0.2) is 78.2 Å². The number of aliphatic hydroxyl groups is 1. The fraction of sp³-hybridized carbons (Fsp3) is 0.136. The first-order valence-electron chi connectivity index (χ1n) is 9.12. The predicted molar refractivity (Wildman–Crippen MR) is 111 cm³/mol. The van der Waals surface area contributed by atoms with E-state index in [1.807, 2.05) is 47.9 Å². The third-order valence-electron chi connectivity index (χ3n) is 4.54. The number of aromatic nitrogens is 4. The van der Waals surface area contributed by atoms with E-state index in [0.29, 0.717) is 11.0 Å². The van der Waals surface area contributed by atoms with Crippen molar-refractivity contribution in [2.75, 3.05) is 5.75 Å². The molecule has 4 rings (SSSR count). The summed E-state index contributed by atoms with van der Waals surface area (Å²) in [5, 5.41) is 19.8. The van der Waals surface area contributed by atoms with Gasteiger partial charge in [-0.3, -0.25) is 9.55 Å². The number of benzene rings is 2. The molecule has 0 aliphatic carbocycles. The van der Waals surface area contributed by atoms with E-state index >= 15 is 0 Å². The van der Waals surface area contributed by atoms with E-state index in [4.69, 9.17) is 0 Å². The number of pyridine rings is 1. The van der Waals surface area contributed by atoms with Gasteiger partial charge in [-0.25, -0.2) is 4.39 Å². The second-order valence-electron chi connectivity index (χ2n) is 6.52. The number of halogens is 1. The molecule has 0 fully saturated rings. The lowest BCUT2D eigenvalue weighted by Crippen LogP contribution is -2.06. The highest BCUT2D eigenvalue weighted by Gasteiger charge is 2.20. The highest BCUT2D eigenvalue weighted by atomic mass is 32.2. The van der Waals surface area contributed by atoms with E-state index in [9.17, 15) is 9.50 Å². The molecule has 0 saturated carbocycles. The molecule has 2 heterocycles. The number of nitrogens with zero attached hydrogens (tertiary/aromatic N) is 4. The third-order valence-corrected chi connectivity index (χ3v) is 5.55. The molecule has 2 aromatic heterocycles. The number of hydrogen-bond acceptors (Lipinski definition) is 5. The smallest absolute Gasteiger partial charge is 0.196 e. The maximum absolute atomic E-state index is 14.0. The molecule has 0 saturated heterocycles. The summed E-state index contributed by atoms with van der Waals surface area (Å²) in [7, 11) is 0. The highest BCUT2D eigenvalue weighted by Crippen LogP contribution is 2.31. The number of hydrogen-bond donors (Lipinski definition) is 1. The van der Waals surface area contributed by atoms with Crippen molar-refractivity contribution < 1.29 is 9.50 Å². The maximum atomic E-state index is 14.0. The van der Waals surface area contributed by atoms with Crippen molar-refractivity contribution in [3.8, 4) is 17.1 Å². The van der Waals surface area contributed by atoms with Gasteiger partial charge in [-0.15, -0.1) is 10.2 Å². The van der Waals surface area contributed by atoms with Crippen molar-refractivity contribution in [2.24, 2.45) is 0 Å². The first-order valence-corrected chi connectivity index (χ1v) is 10.1. The maximum Gasteiger partial charge on any atom is 0.196 e. The zero-order valence-corrected chi connectivity index (χ0v) is 16.6. The molecule has 0 aliphatic rings. The molecule has 2 aromatic carbocycles. The average molecular weight is 406 g/mol. The average Bonchev–Trinajstić information content (AvgIpc) is 3.17. The van der Waals surface area contributed by atoms with Crippen LogP contribution in [0, 0.1) is 12.7 Å². The minimum absolute atomic E-state index is 0.248. The number of aryl methyl sites for hydroxylation is 1. The Morgan fingerprint density at radius 3 is 2.59 bits per heavy atom. The van der Waals surface area contributed by atoms with Crippen molar-refractivity contribution in [3.63, 3.8) is 0 Å². The minimum atomic E-state index is -0.954. The molecule has 4 aromatic rings. The summed E-state index contributed by atoms with van der Waals surface area (Å²) in [6.07, 6.45) is 2.49. The molecule has 1 unspecified atom stereocenters. The molecule has 1 N–H and O–H groups in total. The van der Waals surface area contributed by atoms with Gasteiger partial charge in [-0.1, -0.05) is 48.2 Å². The molecule has 0 aliphatic heterocycles. The first-order chi connectivity index (χ1) is 14.1. The first kappa shape index (κ1) is 19.3. The van der Waals surface area contributed by atoms with E-state index in [1.165, 1.54) is 17.8 Å². The van der Waals surface area contributed by atoms with E-state index in [2.05, 4.69) is 15.2 Å². The Labute approximate surface area is 172 Å². The standard InChI is InChI=1S/C22H19FN4OS/c1-15-7-2-5-11-19(15)27-21(16-8-6-12-24-13-16)25-26-22(27)29-14-20(28)17-9-3-4-10-18(17)23/h2-13,20,28H,14H2,1H3. The van der Waals surface area contributed by atoms with Gasteiger partial charge >= 0.3 is 0 Å². The SMILES string of the molecule is Cc1ccccc1-n1c(SCC(O)c2ccccc2F)nnc1-c1cccnc1. The predicted octanol–water partition coefficient (Wildman–Crippen LogP) is 4.60. The molecule has 5 nitrogen and oxygen atoms in total. The van der Waals surface area contributed by atoms with Crippen LogP contribution in [-0.4, -0.2) is 30.6 Å². The monoisotopic (exact) mass is 406 g/mol. The Kier molecular flexibility index (Phi) is 5.69. The molecular formula is C22H19FN4OS. The van der Waals surface area contributed by atoms with Gasteiger partial charge in [0.1, 0.15) is 5.82 Å². The highest BCUT2D eigenvalue weighted by molar-refractivity contribution is 7.99. The molecule has 1 atom stereocenters. The number of aliphatic hydroxyl groups excluding tert-OH is 1. The summed E-state index contributed by atoms with van der Waals surface area (Å²) in [6.45, 7) is 2.02. The van der Waals surface area contributed by atoms with Gasteiger partial charge in [-0.05, 0) is 36.8 Å². The minimum Gasteiger partial charge on any atom is -0.387 e. The van der Waals surface area contributed by atoms with Crippen LogP contribution >= 0.6 is 11.8 Å². The molecule has 0 amide bonds. The van der Waals surface area contributed by atoms with Gasteiger partial charge in [0.2, 0.25) is 0 Å². The van der Waals surface area contributed by atoms with E-state index in [1.54, 1.807) is 30.6 Å². The van der Waals surface area contributed by atoms with Crippen molar-refractivity contribution in [2.45, 2.75) is 18.2 Å². The largest absolute Gasteiger partial charge is 0.387 e. The Balaban J connectivity index is 1.70. The Bertz CT molecular complexity index is 1120.